The molecule has 0 radical (unpaired) electrons. The fraction of sp³-hybridized carbons (Fsp3) is 0.286. The molecule has 11 heteroatoms. The first-order chi connectivity index (χ1) is 31.8. The quantitative estimate of drug-likeness (QED) is 0.0330. The van der Waals surface area contributed by atoms with E-state index in [0.717, 1.165) is 11.1 Å². The molecule has 0 aliphatic carbocycles. The summed E-state index contributed by atoms with van der Waals surface area (Å²) in [4.78, 5) is 0. The van der Waals surface area contributed by atoms with Gasteiger partial charge in [-0.05, 0) is 149 Å². The molecule has 67 heavy (non-hydrogen) atoms. The van der Waals surface area contributed by atoms with Gasteiger partial charge in [-0.2, -0.15) is 0 Å². The molecule has 5 nitrogen and oxygen atoms in total. The van der Waals surface area contributed by atoms with Crippen LogP contribution in [0.5, 0.6) is 11.5 Å². The van der Waals surface area contributed by atoms with Crippen molar-refractivity contribution in [2.75, 3.05) is 39.6 Å². The summed E-state index contributed by atoms with van der Waals surface area (Å²) in [5.41, 5.74) is 1.74. The van der Waals surface area contributed by atoms with Gasteiger partial charge in [0.25, 0.3) is 0 Å². The lowest BCUT2D eigenvalue weighted by atomic mass is 9.76. The largest absolute Gasteiger partial charge is 0.488 e. The average Bonchev–Trinajstić information content (AvgIpc) is 3.28. The van der Waals surface area contributed by atoms with Crippen molar-refractivity contribution in [3.05, 3.63) is 223 Å². The molecular weight excluding hydrogens is 988 g/mol. The summed E-state index contributed by atoms with van der Waals surface area (Å²) in [5, 5.41) is 0. The third-order valence-corrected chi connectivity index (χ3v) is 12.5. The van der Waals surface area contributed by atoms with Crippen molar-refractivity contribution < 1.29 is 41.2 Å². The molecule has 6 aromatic carbocycles. The first-order valence-electron chi connectivity index (χ1n) is 21.9. The van der Waals surface area contributed by atoms with Crippen LogP contribution in [0.2, 0.25) is 0 Å². The standard InChI is InChI=1S/C56H56Br2F4O5/c1-9-27-64-51-47(33-41(35-49(51)57)53(3,4)5)55(37-11-19-43(59)20-12-37,38-13-21-44(60)22-14-38)66-31-29-63-30-32-67-56(39-15-23-45(61)24-16-39,40-17-25-46(62)26-18-40)48-34-42(54(6,7)8)36-50(58)52(48)65-28-10-2/h9-26,33-36H,1-2,27-32H2,3-8H3. The Morgan fingerprint density at radius 3 is 0.970 bits per heavy atom. The molecule has 0 bridgehead atoms. The van der Waals surface area contributed by atoms with Gasteiger partial charge in [-0.15, -0.1) is 0 Å². The molecule has 0 saturated heterocycles. The van der Waals surface area contributed by atoms with Crippen molar-refractivity contribution in [1.82, 2.24) is 0 Å². The molecule has 0 spiro atoms. The summed E-state index contributed by atoms with van der Waals surface area (Å²) >= 11 is 7.55. The molecule has 0 N–H and O–H groups in total. The van der Waals surface area contributed by atoms with E-state index in [1.54, 1.807) is 60.7 Å². The normalized spacial score (nSPS) is 12.2. The highest BCUT2D eigenvalue weighted by molar-refractivity contribution is 9.11. The van der Waals surface area contributed by atoms with Gasteiger partial charge in [-0.3, -0.25) is 0 Å². The first kappa shape index (κ1) is 51.4. The zero-order valence-electron chi connectivity index (χ0n) is 38.7. The number of rotatable bonds is 20. The third kappa shape index (κ3) is 11.6. The van der Waals surface area contributed by atoms with Gasteiger partial charge in [0, 0.05) is 11.1 Å². The predicted molar refractivity (Wildman–Crippen MR) is 265 cm³/mol. The van der Waals surface area contributed by atoms with Crippen LogP contribution in [0.1, 0.15) is 86.1 Å². The van der Waals surface area contributed by atoms with E-state index in [1.807, 2.05) is 24.3 Å². The van der Waals surface area contributed by atoms with Crippen LogP contribution < -0.4 is 9.47 Å². The number of ether oxygens (including phenoxy) is 5. The van der Waals surface area contributed by atoms with E-state index in [4.69, 9.17) is 23.7 Å². The number of benzene rings is 6. The zero-order valence-corrected chi connectivity index (χ0v) is 41.8. The summed E-state index contributed by atoms with van der Waals surface area (Å²) in [6.07, 6.45) is 3.27. The molecule has 0 saturated carbocycles. The zero-order chi connectivity index (χ0) is 48.6. The Labute approximate surface area is 409 Å². The van der Waals surface area contributed by atoms with Crippen molar-refractivity contribution in [3.8, 4) is 11.5 Å². The lowest BCUT2D eigenvalue weighted by Gasteiger charge is -2.38. The number of halogens is 6. The topological polar surface area (TPSA) is 46.2 Å². The fourth-order valence-electron chi connectivity index (χ4n) is 7.95. The molecule has 0 heterocycles. The van der Waals surface area contributed by atoms with Crippen LogP contribution in [0, 0.1) is 23.3 Å². The minimum absolute atomic E-state index is 0.00576. The van der Waals surface area contributed by atoms with Gasteiger partial charge in [0.2, 0.25) is 0 Å². The SMILES string of the molecule is C=CCOc1c(Br)cc(C(C)(C)C)cc1C(OCCOCCOC(c1ccc(F)cc1)(c1ccc(F)cc1)c1cc(C(C)(C)C)cc(Br)c1OCC=C)(c1ccc(F)cc1)c1ccc(F)cc1. The van der Waals surface area contributed by atoms with Crippen molar-refractivity contribution in [2.24, 2.45) is 0 Å². The number of hydrogen-bond donors (Lipinski definition) is 0. The van der Waals surface area contributed by atoms with E-state index in [9.17, 15) is 17.6 Å². The lowest BCUT2D eigenvalue weighted by Crippen LogP contribution is -2.36. The third-order valence-electron chi connectivity index (χ3n) is 11.4. The molecule has 0 aromatic heterocycles. The van der Waals surface area contributed by atoms with E-state index in [-0.39, 0.29) is 50.5 Å². The second-order valence-corrected chi connectivity index (χ2v) is 19.8. The summed E-state index contributed by atoms with van der Waals surface area (Å²) in [6, 6.07) is 32.0. The maximum absolute atomic E-state index is 14.7. The first-order valence-corrected chi connectivity index (χ1v) is 23.5. The molecule has 0 atom stereocenters. The van der Waals surface area contributed by atoms with E-state index in [0.29, 0.717) is 53.8 Å². The van der Waals surface area contributed by atoms with Crippen molar-refractivity contribution >= 4 is 31.9 Å². The van der Waals surface area contributed by atoms with Crippen molar-refractivity contribution in [1.29, 1.82) is 0 Å². The van der Waals surface area contributed by atoms with E-state index in [2.05, 4.69) is 86.6 Å². The van der Waals surface area contributed by atoms with Gasteiger partial charge in [0.05, 0.1) is 35.4 Å². The molecule has 0 aliphatic heterocycles. The van der Waals surface area contributed by atoms with E-state index >= 15 is 0 Å². The van der Waals surface area contributed by atoms with Crippen LogP contribution in [0.25, 0.3) is 0 Å². The van der Waals surface area contributed by atoms with Gasteiger partial charge < -0.3 is 23.7 Å². The minimum atomic E-state index is -1.48. The molecule has 0 amide bonds. The Morgan fingerprint density at radius 1 is 0.433 bits per heavy atom. The van der Waals surface area contributed by atoms with Crippen LogP contribution in [0.3, 0.4) is 0 Å². The summed E-state index contributed by atoms with van der Waals surface area (Å²) < 4.78 is 93.2. The van der Waals surface area contributed by atoms with Gasteiger partial charge >= 0.3 is 0 Å². The van der Waals surface area contributed by atoms with Gasteiger partial charge in [-0.1, -0.05) is 115 Å². The Kier molecular flexibility index (Phi) is 16.8. The summed E-state index contributed by atoms with van der Waals surface area (Å²) in [6.45, 7) is 20.7. The second kappa shape index (κ2) is 21.9. The van der Waals surface area contributed by atoms with Crippen LogP contribution in [-0.2, 0) is 36.2 Å². The van der Waals surface area contributed by atoms with Crippen molar-refractivity contribution in [3.63, 3.8) is 0 Å². The molecular formula is C56H56Br2F4O5. The fourth-order valence-corrected chi connectivity index (χ4v) is 9.10. The Bertz CT molecular complexity index is 2350. The van der Waals surface area contributed by atoms with Crippen molar-refractivity contribution in [2.45, 2.75) is 63.6 Å². The van der Waals surface area contributed by atoms with Gasteiger partial charge in [0.15, 0.2) is 0 Å². The molecule has 0 fully saturated rings. The van der Waals surface area contributed by atoms with Gasteiger partial charge in [0.1, 0.15) is 59.2 Å². The lowest BCUT2D eigenvalue weighted by molar-refractivity contribution is -0.0527. The molecule has 6 rings (SSSR count). The summed E-state index contributed by atoms with van der Waals surface area (Å²) in [7, 11) is 0. The maximum atomic E-state index is 14.7. The minimum Gasteiger partial charge on any atom is -0.488 e. The maximum Gasteiger partial charge on any atom is 0.147 e. The van der Waals surface area contributed by atoms with Gasteiger partial charge in [-0.25, -0.2) is 17.6 Å². The van der Waals surface area contributed by atoms with E-state index < -0.39 is 34.5 Å². The smallest absolute Gasteiger partial charge is 0.147 e. The van der Waals surface area contributed by atoms with E-state index in [1.165, 1.54) is 48.5 Å². The Balaban J connectivity index is 1.41. The highest BCUT2D eigenvalue weighted by Crippen LogP contribution is 2.50. The predicted octanol–water partition coefficient (Wildman–Crippen LogP) is 14.8. The Morgan fingerprint density at radius 2 is 0.716 bits per heavy atom. The molecule has 0 unspecified atom stereocenters. The van der Waals surface area contributed by atoms with Crippen LogP contribution in [0.15, 0.2) is 156 Å². The highest BCUT2D eigenvalue weighted by atomic mass is 79.9. The van der Waals surface area contributed by atoms with Crippen LogP contribution >= 0.6 is 31.9 Å². The average molecular weight is 1040 g/mol. The molecule has 6 aromatic rings. The monoisotopic (exact) mass is 1040 g/mol. The highest BCUT2D eigenvalue weighted by Gasteiger charge is 2.44. The summed E-state index contributed by atoms with van der Waals surface area (Å²) in [5.74, 6) is -0.840. The number of hydrogen-bond acceptors (Lipinski definition) is 5. The molecule has 352 valence electrons. The van der Waals surface area contributed by atoms with Crippen LogP contribution in [-0.4, -0.2) is 39.6 Å². The molecule has 0 aliphatic rings. The second-order valence-electron chi connectivity index (χ2n) is 18.1. The van der Waals surface area contributed by atoms with Crippen LogP contribution in [0.4, 0.5) is 17.6 Å². The Hall–Kier alpha value is -5.04.